The highest BCUT2D eigenvalue weighted by atomic mass is 35.5. The highest BCUT2D eigenvalue weighted by Crippen LogP contribution is 2.29. The Morgan fingerprint density at radius 1 is 0.861 bits per heavy atom. The smallest absolute Gasteiger partial charge is 0.285 e. The van der Waals surface area contributed by atoms with Crippen LogP contribution in [0.1, 0.15) is 27.0 Å². The molecule has 0 saturated heterocycles. The molecule has 1 unspecified atom stereocenters. The number of hydrogen-bond donors (Lipinski definition) is 0. The molecule has 0 bridgehead atoms. The van der Waals surface area contributed by atoms with Gasteiger partial charge in [0.1, 0.15) is 11.5 Å². The summed E-state index contributed by atoms with van der Waals surface area (Å²) in [5.74, 6) is -1.55. The van der Waals surface area contributed by atoms with Crippen molar-refractivity contribution in [2.24, 2.45) is 5.10 Å². The Morgan fingerprint density at radius 3 is 2.19 bits per heavy atom. The topological polar surface area (TPSA) is 85.3 Å². The van der Waals surface area contributed by atoms with Crippen LogP contribution < -0.4 is 0 Å². The number of halogens is 1. The molecule has 0 aliphatic carbocycles. The summed E-state index contributed by atoms with van der Waals surface area (Å²) >= 11 is 5.93. The van der Waals surface area contributed by atoms with Crippen LogP contribution in [0.4, 0.5) is 0 Å². The minimum atomic E-state index is -1.44. The lowest BCUT2D eigenvalue weighted by Gasteiger charge is -2.31. The number of carbonyl (C=O) groups excluding carboxylic acids is 3. The maximum absolute atomic E-state index is 13.4. The number of benzene rings is 3. The zero-order valence-corrected chi connectivity index (χ0v) is 19.8. The standard InChI is InChI=1S/C28H19ClN2O5/c1-17-7-9-18(10-8-17)24-16-25(33)31(28(36-24)26(34)20-5-3-2-4-6-20)30-27-22(32)15-23(35-27)19-11-13-21(29)14-12-19/h2-16,28H,1H3. The fraction of sp³-hybridized carbons (Fsp3) is 0.0714. The van der Waals surface area contributed by atoms with Crippen molar-refractivity contribution in [2.45, 2.75) is 13.2 Å². The third-order valence-electron chi connectivity index (χ3n) is 5.57. The molecule has 2 aliphatic heterocycles. The van der Waals surface area contributed by atoms with Gasteiger partial charge in [0.2, 0.25) is 11.6 Å². The summed E-state index contributed by atoms with van der Waals surface area (Å²) in [6, 6.07) is 22.5. The number of hydrogen-bond acceptors (Lipinski definition) is 6. The normalized spacial score (nSPS) is 18.4. The Bertz CT molecular complexity index is 1440. The molecule has 178 valence electrons. The second kappa shape index (κ2) is 9.64. The number of ketones is 2. The Morgan fingerprint density at radius 2 is 1.50 bits per heavy atom. The van der Waals surface area contributed by atoms with Gasteiger partial charge >= 0.3 is 0 Å². The molecule has 3 aromatic rings. The van der Waals surface area contributed by atoms with E-state index in [4.69, 9.17) is 21.1 Å². The van der Waals surface area contributed by atoms with Gasteiger partial charge in [-0.2, -0.15) is 5.01 Å². The largest absolute Gasteiger partial charge is 0.460 e. The first kappa shape index (κ1) is 23.3. The number of ether oxygens (including phenoxy) is 2. The summed E-state index contributed by atoms with van der Waals surface area (Å²) < 4.78 is 11.6. The van der Waals surface area contributed by atoms with Crippen LogP contribution in [0, 0.1) is 6.92 Å². The number of Topliss-reactive ketones (excluding diaryl/α,β-unsaturated/α-hetero) is 1. The monoisotopic (exact) mass is 498 g/mol. The van der Waals surface area contributed by atoms with Crippen LogP contribution in [0.25, 0.3) is 11.5 Å². The molecule has 0 fully saturated rings. The predicted molar refractivity (Wildman–Crippen MR) is 135 cm³/mol. The Kier molecular flexibility index (Phi) is 6.23. The average Bonchev–Trinajstić information content (AvgIpc) is 3.26. The lowest BCUT2D eigenvalue weighted by atomic mass is 10.1. The van der Waals surface area contributed by atoms with Gasteiger partial charge in [0.05, 0.1) is 0 Å². The molecule has 36 heavy (non-hydrogen) atoms. The molecule has 0 N–H and O–H groups in total. The molecular weight excluding hydrogens is 480 g/mol. The number of carbonyl (C=O) groups is 3. The lowest BCUT2D eigenvalue weighted by Crippen LogP contribution is -2.46. The van der Waals surface area contributed by atoms with Crippen LogP contribution in [0.3, 0.4) is 0 Å². The van der Waals surface area contributed by atoms with E-state index < -0.39 is 23.7 Å². The van der Waals surface area contributed by atoms with E-state index in [0.717, 1.165) is 10.6 Å². The van der Waals surface area contributed by atoms with Crippen molar-refractivity contribution in [3.05, 3.63) is 118 Å². The summed E-state index contributed by atoms with van der Waals surface area (Å²) in [5, 5.41) is 5.49. The van der Waals surface area contributed by atoms with E-state index in [-0.39, 0.29) is 17.4 Å². The van der Waals surface area contributed by atoms with E-state index in [1.165, 1.54) is 12.2 Å². The zero-order valence-electron chi connectivity index (χ0n) is 19.1. The molecule has 1 amide bonds. The van der Waals surface area contributed by atoms with Crippen LogP contribution in [0.15, 0.2) is 96.1 Å². The van der Waals surface area contributed by atoms with E-state index in [1.54, 1.807) is 66.7 Å². The third kappa shape index (κ3) is 4.69. The van der Waals surface area contributed by atoms with Crippen LogP contribution >= 0.6 is 11.6 Å². The van der Waals surface area contributed by atoms with Gasteiger partial charge in [0.25, 0.3) is 18.0 Å². The number of rotatable bonds is 5. The third-order valence-corrected chi connectivity index (χ3v) is 5.82. The molecule has 0 spiro atoms. The summed E-state index contributed by atoms with van der Waals surface area (Å²) in [6.07, 6.45) is 1.06. The van der Waals surface area contributed by atoms with Crippen LogP contribution in [-0.4, -0.2) is 34.6 Å². The van der Waals surface area contributed by atoms with Crippen LogP contribution in [0.5, 0.6) is 0 Å². The summed E-state index contributed by atoms with van der Waals surface area (Å²) in [6.45, 7) is 1.94. The van der Waals surface area contributed by atoms with Gasteiger partial charge in [0.15, 0.2) is 0 Å². The number of amides is 1. The van der Waals surface area contributed by atoms with E-state index >= 15 is 0 Å². The van der Waals surface area contributed by atoms with Crippen molar-refractivity contribution in [1.29, 1.82) is 0 Å². The summed E-state index contributed by atoms with van der Waals surface area (Å²) in [7, 11) is 0. The highest BCUT2D eigenvalue weighted by molar-refractivity contribution is 6.45. The molecule has 0 aromatic heterocycles. The molecule has 3 aromatic carbocycles. The van der Waals surface area contributed by atoms with E-state index in [1.807, 2.05) is 19.1 Å². The van der Waals surface area contributed by atoms with Crippen molar-refractivity contribution < 1.29 is 23.9 Å². The molecule has 5 rings (SSSR count). The van der Waals surface area contributed by atoms with Gasteiger partial charge < -0.3 is 9.47 Å². The fourth-order valence-electron chi connectivity index (χ4n) is 3.67. The average molecular weight is 499 g/mol. The van der Waals surface area contributed by atoms with Gasteiger partial charge in [-0.15, -0.1) is 5.10 Å². The molecule has 8 heteroatoms. The first-order valence-corrected chi connectivity index (χ1v) is 11.4. The van der Waals surface area contributed by atoms with Crippen molar-refractivity contribution in [1.82, 2.24) is 5.01 Å². The SMILES string of the molecule is Cc1ccc(C2=CC(=O)N(N=C3OC(c4ccc(Cl)cc4)=CC3=O)C(C(=O)c3ccccc3)O2)cc1. The van der Waals surface area contributed by atoms with Gasteiger partial charge in [-0.05, 0) is 31.2 Å². The minimum Gasteiger partial charge on any atom is -0.460 e. The first-order chi connectivity index (χ1) is 17.4. The molecule has 2 heterocycles. The summed E-state index contributed by atoms with van der Waals surface area (Å²) in [4.78, 5) is 39.2. The Labute approximate surface area is 211 Å². The second-order valence-electron chi connectivity index (χ2n) is 8.14. The van der Waals surface area contributed by atoms with Gasteiger partial charge in [0, 0.05) is 33.9 Å². The van der Waals surface area contributed by atoms with Crippen molar-refractivity contribution >= 4 is 46.5 Å². The van der Waals surface area contributed by atoms with Crippen molar-refractivity contribution in [2.75, 3.05) is 0 Å². The van der Waals surface area contributed by atoms with E-state index in [0.29, 0.717) is 21.7 Å². The minimum absolute atomic E-state index is 0.226. The van der Waals surface area contributed by atoms with Gasteiger partial charge in [-0.25, -0.2) is 0 Å². The molecule has 0 saturated carbocycles. The zero-order chi connectivity index (χ0) is 25.2. The number of aryl methyl sites for hydroxylation is 1. The van der Waals surface area contributed by atoms with Gasteiger partial charge in [-0.1, -0.05) is 71.8 Å². The van der Waals surface area contributed by atoms with Gasteiger partial charge in [-0.3, -0.25) is 14.4 Å². The quantitative estimate of drug-likeness (QED) is 0.461. The number of nitrogens with zero attached hydrogens (tertiary/aromatic N) is 2. The lowest BCUT2D eigenvalue weighted by molar-refractivity contribution is -0.135. The van der Waals surface area contributed by atoms with E-state index in [9.17, 15) is 14.4 Å². The van der Waals surface area contributed by atoms with Crippen LogP contribution in [-0.2, 0) is 19.1 Å². The second-order valence-corrected chi connectivity index (χ2v) is 8.58. The Hall–Kier alpha value is -4.49. The molecule has 7 nitrogen and oxygen atoms in total. The molecule has 2 aliphatic rings. The van der Waals surface area contributed by atoms with Crippen molar-refractivity contribution in [3.63, 3.8) is 0 Å². The van der Waals surface area contributed by atoms with E-state index in [2.05, 4.69) is 5.10 Å². The fourth-order valence-corrected chi connectivity index (χ4v) is 3.79. The maximum Gasteiger partial charge on any atom is 0.285 e. The van der Waals surface area contributed by atoms with Crippen molar-refractivity contribution in [3.8, 4) is 0 Å². The summed E-state index contributed by atoms with van der Waals surface area (Å²) in [5.41, 5.74) is 2.60. The molecule has 0 radical (unpaired) electrons. The Balaban J connectivity index is 1.49. The number of hydrazone groups is 1. The molecular formula is C28H19ClN2O5. The maximum atomic E-state index is 13.4. The first-order valence-electron chi connectivity index (χ1n) is 11.1. The van der Waals surface area contributed by atoms with Crippen LogP contribution in [0.2, 0.25) is 5.02 Å². The highest BCUT2D eigenvalue weighted by Gasteiger charge is 2.38. The molecule has 1 atom stereocenters. The predicted octanol–water partition coefficient (Wildman–Crippen LogP) is 5.01.